The summed E-state index contributed by atoms with van der Waals surface area (Å²) in [6, 6.07) is 9.78. The highest BCUT2D eigenvalue weighted by Gasteiger charge is 2.21. The highest BCUT2D eigenvalue weighted by molar-refractivity contribution is 5.46. The van der Waals surface area contributed by atoms with Crippen LogP contribution in [0.4, 0.5) is 0 Å². The Morgan fingerprint density at radius 3 is 2.89 bits per heavy atom. The number of rotatable bonds is 2. The molecule has 1 atom stereocenters. The molecule has 1 aromatic heterocycles. The van der Waals surface area contributed by atoms with Gasteiger partial charge in [0.1, 0.15) is 17.3 Å². The maximum atomic E-state index is 6.28. The molecule has 2 aromatic rings. The molecule has 0 spiro atoms. The van der Waals surface area contributed by atoms with Gasteiger partial charge in [0.25, 0.3) is 0 Å². The minimum Gasteiger partial charge on any atom is -0.493 e. The van der Waals surface area contributed by atoms with Crippen LogP contribution in [0.25, 0.3) is 0 Å². The second-order valence-corrected chi connectivity index (χ2v) is 4.71. The first-order chi connectivity index (χ1) is 8.75. The fourth-order valence-electron chi connectivity index (χ4n) is 2.43. The van der Waals surface area contributed by atoms with Crippen LogP contribution in [0.2, 0.25) is 0 Å². The van der Waals surface area contributed by atoms with Gasteiger partial charge in [-0.3, -0.25) is 0 Å². The zero-order valence-electron chi connectivity index (χ0n) is 10.5. The highest BCUT2D eigenvalue weighted by atomic mass is 16.5. The lowest BCUT2D eigenvalue weighted by atomic mass is 9.97. The molecule has 1 aromatic carbocycles. The summed E-state index contributed by atoms with van der Waals surface area (Å²) in [5.74, 6) is 2.62. The largest absolute Gasteiger partial charge is 0.493 e. The van der Waals surface area contributed by atoms with Crippen LogP contribution < -0.4 is 10.5 Å². The average molecular weight is 243 g/mol. The molecule has 3 heteroatoms. The van der Waals surface area contributed by atoms with Crippen LogP contribution in [-0.2, 0) is 6.42 Å². The van der Waals surface area contributed by atoms with Gasteiger partial charge in [-0.25, -0.2) is 0 Å². The normalized spacial score (nSPS) is 15.9. The Hall–Kier alpha value is -1.74. The van der Waals surface area contributed by atoms with Gasteiger partial charge in [-0.15, -0.1) is 0 Å². The molecule has 1 aliphatic heterocycles. The molecule has 0 saturated carbocycles. The zero-order valence-corrected chi connectivity index (χ0v) is 10.5. The first-order valence-corrected chi connectivity index (χ1v) is 6.32. The van der Waals surface area contributed by atoms with Crippen molar-refractivity contribution in [1.29, 1.82) is 0 Å². The van der Waals surface area contributed by atoms with Crippen LogP contribution >= 0.6 is 0 Å². The minimum atomic E-state index is -0.258. The highest BCUT2D eigenvalue weighted by Crippen LogP contribution is 2.34. The van der Waals surface area contributed by atoms with Gasteiger partial charge in [0.2, 0.25) is 0 Å². The van der Waals surface area contributed by atoms with Crippen molar-refractivity contribution in [3.63, 3.8) is 0 Å². The van der Waals surface area contributed by atoms with Gasteiger partial charge in [0.05, 0.1) is 12.6 Å². The van der Waals surface area contributed by atoms with E-state index in [0.717, 1.165) is 42.3 Å². The lowest BCUT2D eigenvalue weighted by Gasteiger charge is -2.22. The van der Waals surface area contributed by atoms with Gasteiger partial charge in [-0.1, -0.05) is 18.2 Å². The van der Waals surface area contributed by atoms with E-state index < -0.39 is 0 Å². The van der Waals surface area contributed by atoms with E-state index in [0.29, 0.717) is 0 Å². The summed E-state index contributed by atoms with van der Waals surface area (Å²) >= 11 is 0. The Bertz CT molecular complexity index is 559. The van der Waals surface area contributed by atoms with E-state index in [1.807, 2.05) is 31.2 Å². The summed E-state index contributed by atoms with van der Waals surface area (Å²) in [6.07, 6.45) is 2.14. The third-order valence-corrected chi connectivity index (χ3v) is 3.37. The number of hydrogen-bond donors (Lipinski definition) is 1. The number of para-hydroxylation sites is 1. The van der Waals surface area contributed by atoms with Crippen LogP contribution in [-0.4, -0.2) is 6.61 Å². The zero-order chi connectivity index (χ0) is 12.5. The van der Waals surface area contributed by atoms with Gasteiger partial charge in [0, 0.05) is 5.56 Å². The molecule has 0 bridgehead atoms. The van der Waals surface area contributed by atoms with Crippen molar-refractivity contribution >= 4 is 0 Å². The maximum absolute atomic E-state index is 6.28. The van der Waals surface area contributed by atoms with Gasteiger partial charge in [-0.2, -0.15) is 0 Å². The van der Waals surface area contributed by atoms with Crippen molar-refractivity contribution in [2.45, 2.75) is 25.8 Å². The third-order valence-electron chi connectivity index (χ3n) is 3.37. The van der Waals surface area contributed by atoms with E-state index in [1.54, 1.807) is 0 Å². The van der Waals surface area contributed by atoms with Gasteiger partial charge in [-0.05, 0) is 37.5 Å². The molecule has 0 aliphatic carbocycles. The standard InChI is InChI=1S/C15H17NO2/c1-10-7-8-13(18-10)14(16)12-6-2-4-11-5-3-9-17-15(11)12/h2,4,6-8,14H,3,5,9,16H2,1H3. The van der Waals surface area contributed by atoms with E-state index in [2.05, 4.69) is 6.07 Å². The molecule has 0 radical (unpaired) electrons. The quantitative estimate of drug-likeness (QED) is 0.882. The molecule has 0 amide bonds. The van der Waals surface area contributed by atoms with Crippen LogP contribution in [0.1, 0.15) is 35.1 Å². The molecule has 1 aliphatic rings. The fourth-order valence-corrected chi connectivity index (χ4v) is 2.43. The smallest absolute Gasteiger partial charge is 0.127 e. The van der Waals surface area contributed by atoms with Crippen molar-refractivity contribution in [2.75, 3.05) is 6.61 Å². The van der Waals surface area contributed by atoms with E-state index >= 15 is 0 Å². The topological polar surface area (TPSA) is 48.4 Å². The molecular weight excluding hydrogens is 226 g/mol. The van der Waals surface area contributed by atoms with E-state index in [4.69, 9.17) is 14.9 Å². The van der Waals surface area contributed by atoms with Crippen LogP contribution in [0.5, 0.6) is 5.75 Å². The molecular formula is C15H17NO2. The van der Waals surface area contributed by atoms with Gasteiger partial charge in [0.15, 0.2) is 0 Å². The lowest BCUT2D eigenvalue weighted by Crippen LogP contribution is -2.16. The first-order valence-electron chi connectivity index (χ1n) is 6.32. The van der Waals surface area contributed by atoms with Gasteiger partial charge >= 0.3 is 0 Å². The fraction of sp³-hybridized carbons (Fsp3) is 0.333. The summed E-state index contributed by atoms with van der Waals surface area (Å²) in [5.41, 5.74) is 8.54. The lowest BCUT2D eigenvalue weighted by molar-refractivity contribution is 0.283. The Balaban J connectivity index is 2.01. The number of hydrogen-bond acceptors (Lipinski definition) is 3. The number of fused-ring (bicyclic) bond motifs is 1. The molecule has 3 rings (SSSR count). The van der Waals surface area contributed by atoms with E-state index in [1.165, 1.54) is 5.56 Å². The molecule has 2 heterocycles. The summed E-state index contributed by atoms with van der Waals surface area (Å²) < 4.78 is 11.4. The van der Waals surface area contributed by atoms with Gasteiger partial charge < -0.3 is 14.9 Å². The van der Waals surface area contributed by atoms with Crippen molar-refractivity contribution in [3.05, 3.63) is 53.0 Å². The summed E-state index contributed by atoms with van der Waals surface area (Å²) in [7, 11) is 0. The second kappa shape index (κ2) is 4.50. The molecule has 1 unspecified atom stereocenters. The Morgan fingerprint density at radius 2 is 2.11 bits per heavy atom. The summed E-state index contributed by atoms with van der Waals surface area (Å²) in [4.78, 5) is 0. The van der Waals surface area contributed by atoms with Crippen molar-refractivity contribution < 1.29 is 9.15 Å². The number of benzene rings is 1. The van der Waals surface area contributed by atoms with Crippen LogP contribution in [0, 0.1) is 6.92 Å². The predicted octanol–water partition coefficient (Wildman–Crippen LogP) is 2.96. The third kappa shape index (κ3) is 1.91. The monoisotopic (exact) mass is 243 g/mol. The number of furan rings is 1. The molecule has 0 saturated heterocycles. The SMILES string of the molecule is Cc1ccc(C(N)c2cccc3c2OCCC3)o1. The number of ether oxygens (including phenoxy) is 1. The minimum absolute atomic E-state index is 0.258. The van der Waals surface area contributed by atoms with Crippen molar-refractivity contribution in [3.8, 4) is 5.75 Å². The number of aryl methyl sites for hydroxylation is 2. The summed E-state index contributed by atoms with van der Waals surface area (Å²) in [5, 5.41) is 0. The van der Waals surface area contributed by atoms with E-state index in [-0.39, 0.29) is 6.04 Å². The second-order valence-electron chi connectivity index (χ2n) is 4.71. The first kappa shape index (κ1) is 11.4. The molecule has 3 nitrogen and oxygen atoms in total. The summed E-state index contributed by atoms with van der Waals surface area (Å²) in [6.45, 7) is 2.70. The number of nitrogens with two attached hydrogens (primary N) is 1. The van der Waals surface area contributed by atoms with Crippen LogP contribution in [0.3, 0.4) is 0 Å². The Labute approximate surface area is 107 Å². The van der Waals surface area contributed by atoms with Crippen molar-refractivity contribution in [2.24, 2.45) is 5.73 Å². The maximum Gasteiger partial charge on any atom is 0.127 e. The average Bonchev–Trinajstić information content (AvgIpc) is 2.84. The van der Waals surface area contributed by atoms with Crippen LogP contribution in [0.15, 0.2) is 34.7 Å². The molecule has 18 heavy (non-hydrogen) atoms. The molecule has 94 valence electrons. The Morgan fingerprint density at radius 1 is 1.22 bits per heavy atom. The predicted molar refractivity (Wildman–Crippen MR) is 69.7 cm³/mol. The Kier molecular flexibility index (Phi) is 2.84. The molecule has 0 fully saturated rings. The van der Waals surface area contributed by atoms with Crippen molar-refractivity contribution in [1.82, 2.24) is 0 Å². The van der Waals surface area contributed by atoms with E-state index in [9.17, 15) is 0 Å². The molecule has 2 N–H and O–H groups in total.